The van der Waals surface area contributed by atoms with Gasteiger partial charge in [0.1, 0.15) is 12.9 Å². The smallest absolute Gasteiger partial charge is 0.271 e. The van der Waals surface area contributed by atoms with Crippen molar-refractivity contribution in [3.05, 3.63) is 0 Å². The maximum atomic E-state index is 12.9. The van der Waals surface area contributed by atoms with Crippen molar-refractivity contribution in [2.45, 2.75) is 31.8 Å². The first-order chi connectivity index (χ1) is 6.23. The molecule has 0 aromatic carbocycles. The maximum Gasteiger partial charge on any atom is 0.271 e. The fourth-order valence-corrected chi connectivity index (χ4v) is 1.41. The number of hydrogen-bond donors (Lipinski definition) is 0. The molecular weight excluding hydrogens is 204 g/mol. The molecule has 0 saturated carbocycles. The second kappa shape index (κ2) is 3.66. The van der Waals surface area contributed by atoms with Crippen molar-refractivity contribution < 1.29 is 27.0 Å². The molecule has 1 saturated heterocycles. The predicted molar refractivity (Wildman–Crippen MR) is 40.4 cm³/mol. The van der Waals surface area contributed by atoms with Crippen LogP contribution in [0.1, 0.15) is 13.8 Å². The normalized spacial score (nSPS) is 30.4. The predicted octanol–water partition coefficient (Wildman–Crippen LogP) is 2.29. The van der Waals surface area contributed by atoms with E-state index in [4.69, 9.17) is 0 Å². The molecule has 1 aliphatic rings. The van der Waals surface area contributed by atoms with Crippen molar-refractivity contribution >= 4 is 0 Å². The first-order valence-electron chi connectivity index (χ1n) is 4.18. The molecule has 0 bridgehead atoms. The Kier molecular flexibility index (Phi) is 3.06. The fraction of sp³-hybridized carbons (Fsp3) is 1.00. The number of halogens is 4. The Balaban J connectivity index is 2.80. The molecule has 0 aliphatic carbocycles. The Morgan fingerprint density at radius 3 is 2.00 bits per heavy atom. The highest BCUT2D eigenvalue weighted by atomic mass is 19.3. The molecule has 2 atom stereocenters. The molecule has 1 rings (SSSR count). The number of rotatable bonds is 2. The summed E-state index contributed by atoms with van der Waals surface area (Å²) >= 11 is 0. The van der Waals surface area contributed by atoms with Gasteiger partial charge in [-0.2, -0.15) is 0 Å². The van der Waals surface area contributed by atoms with E-state index in [0.29, 0.717) is 13.8 Å². The third-order valence-corrected chi connectivity index (χ3v) is 2.14. The van der Waals surface area contributed by atoms with E-state index in [-0.39, 0.29) is 6.79 Å². The lowest BCUT2D eigenvalue weighted by molar-refractivity contribution is -0.273. The van der Waals surface area contributed by atoms with E-state index in [0.717, 1.165) is 0 Å². The molecule has 0 N–H and O–H groups in total. The van der Waals surface area contributed by atoms with Crippen LogP contribution in [0, 0.1) is 5.92 Å². The Morgan fingerprint density at radius 2 is 1.64 bits per heavy atom. The summed E-state index contributed by atoms with van der Waals surface area (Å²) in [5.74, 6) is -8.12. The highest BCUT2D eigenvalue weighted by Gasteiger charge is 2.51. The van der Waals surface area contributed by atoms with Crippen molar-refractivity contribution in [1.29, 1.82) is 0 Å². The monoisotopic (exact) mass is 216 g/mol. The van der Waals surface area contributed by atoms with Crippen LogP contribution in [0.3, 0.4) is 0 Å². The molecule has 1 aliphatic heterocycles. The second-order valence-corrected chi connectivity index (χ2v) is 3.59. The van der Waals surface area contributed by atoms with Gasteiger partial charge in [0.05, 0.1) is 12.5 Å². The van der Waals surface area contributed by atoms with E-state index in [1.165, 1.54) is 0 Å². The van der Waals surface area contributed by atoms with Gasteiger partial charge in [-0.1, -0.05) is 0 Å². The van der Waals surface area contributed by atoms with Crippen molar-refractivity contribution in [2.75, 3.05) is 13.4 Å². The average molecular weight is 216 g/mol. The Morgan fingerprint density at radius 1 is 1.07 bits per heavy atom. The van der Waals surface area contributed by atoms with Crippen LogP contribution in [-0.2, 0) is 9.47 Å². The zero-order valence-corrected chi connectivity index (χ0v) is 7.90. The summed E-state index contributed by atoms with van der Waals surface area (Å²) in [5, 5.41) is 0. The van der Waals surface area contributed by atoms with E-state index < -0.39 is 30.5 Å². The fourth-order valence-electron chi connectivity index (χ4n) is 1.41. The number of alkyl halides is 4. The van der Waals surface area contributed by atoms with Gasteiger partial charge in [-0.05, 0) is 6.92 Å². The molecule has 0 amide bonds. The van der Waals surface area contributed by atoms with Gasteiger partial charge in [0, 0.05) is 6.92 Å². The molecule has 2 nitrogen and oxygen atoms in total. The van der Waals surface area contributed by atoms with Crippen LogP contribution < -0.4 is 0 Å². The van der Waals surface area contributed by atoms with Crippen LogP contribution in [-0.4, -0.2) is 31.3 Å². The largest absolute Gasteiger partial charge is 0.355 e. The van der Waals surface area contributed by atoms with E-state index >= 15 is 0 Å². The van der Waals surface area contributed by atoms with Crippen LogP contribution in [0.2, 0.25) is 0 Å². The lowest BCUT2D eigenvalue weighted by atomic mass is 9.92. The third-order valence-electron chi connectivity index (χ3n) is 2.14. The molecule has 14 heavy (non-hydrogen) atoms. The standard InChI is InChI=1S/C8H12F4O2/c1-7(9,10)5-3-13-4-14-6(5)8(2,11)12/h5-6H,3-4H2,1-2H3. The van der Waals surface area contributed by atoms with Crippen molar-refractivity contribution in [3.8, 4) is 0 Å². The van der Waals surface area contributed by atoms with Crippen molar-refractivity contribution in [2.24, 2.45) is 5.92 Å². The summed E-state index contributed by atoms with van der Waals surface area (Å²) in [4.78, 5) is 0. The Hall–Kier alpha value is -0.360. The third kappa shape index (κ3) is 2.57. The van der Waals surface area contributed by atoms with Gasteiger partial charge < -0.3 is 9.47 Å². The number of ether oxygens (including phenoxy) is 2. The van der Waals surface area contributed by atoms with Crippen LogP contribution in [0.15, 0.2) is 0 Å². The van der Waals surface area contributed by atoms with Gasteiger partial charge in [-0.3, -0.25) is 0 Å². The van der Waals surface area contributed by atoms with Gasteiger partial charge in [0.2, 0.25) is 0 Å². The molecule has 0 spiro atoms. The van der Waals surface area contributed by atoms with Gasteiger partial charge in [-0.15, -0.1) is 0 Å². The molecule has 0 aromatic heterocycles. The first-order valence-corrected chi connectivity index (χ1v) is 4.18. The van der Waals surface area contributed by atoms with Crippen molar-refractivity contribution in [1.82, 2.24) is 0 Å². The Labute approximate surface area is 79.2 Å². The second-order valence-electron chi connectivity index (χ2n) is 3.59. The maximum absolute atomic E-state index is 12.9. The minimum absolute atomic E-state index is 0.360. The lowest BCUT2D eigenvalue weighted by Crippen LogP contribution is -2.51. The average Bonchev–Trinajstić information content (AvgIpc) is 2.01. The summed E-state index contributed by atoms with van der Waals surface area (Å²) in [5.41, 5.74) is 0. The van der Waals surface area contributed by atoms with E-state index in [9.17, 15) is 17.6 Å². The zero-order valence-electron chi connectivity index (χ0n) is 7.90. The summed E-state index contributed by atoms with van der Waals surface area (Å²) in [6, 6.07) is 0. The number of hydrogen-bond acceptors (Lipinski definition) is 2. The topological polar surface area (TPSA) is 18.5 Å². The molecule has 0 radical (unpaired) electrons. The first kappa shape index (κ1) is 11.7. The highest BCUT2D eigenvalue weighted by Crippen LogP contribution is 2.37. The van der Waals surface area contributed by atoms with Gasteiger partial charge in [0.15, 0.2) is 0 Å². The highest BCUT2D eigenvalue weighted by molar-refractivity contribution is 4.88. The molecule has 1 heterocycles. The van der Waals surface area contributed by atoms with E-state index in [1.54, 1.807) is 0 Å². The Bertz CT molecular complexity index is 174. The quantitative estimate of drug-likeness (QED) is 0.659. The summed E-state index contributed by atoms with van der Waals surface area (Å²) in [7, 11) is 0. The van der Waals surface area contributed by atoms with E-state index in [1.807, 2.05) is 0 Å². The molecule has 6 heteroatoms. The zero-order chi connectivity index (χ0) is 11.0. The molecular formula is C8H12F4O2. The van der Waals surface area contributed by atoms with Gasteiger partial charge in [-0.25, -0.2) is 17.6 Å². The molecule has 1 fully saturated rings. The van der Waals surface area contributed by atoms with Crippen molar-refractivity contribution in [3.63, 3.8) is 0 Å². The summed E-state index contributed by atoms with van der Waals surface area (Å²) in [6.45, 7) is 0.397. The minimum atomic E-state index is -3.28. The van der Waals surface area contributed by atoms with Crippen LogP contribution in [0.25, 0.3) is 0 Å². The molecule has 0 aromatic rings. The summed E-state index contributed by atoms with van der Waals surface area (Å²) < 4.78 is 60.7. The minimum Gasteiger partial charge on any atom is -0.355 e. The van der Waals surface area contributed by atoms with Crippen LogP contribution in [0.4, 0.5) is 17.6 Å². The van der Waals surface area contributed by atoms with Gasteiger partial charge in [0.25, 0.3) is 11.8 Å². The lowest BCUT2D eigenvalue weighted by Gasteiger charge is -2.37. The molecule has 84 valence electrons. The summed E-state index contributed by atoms with van der Waals surface area (Å²) in [6.07, 6.45) is -1.78. The van der Waals surface area contributed by atoms with Crippen LogP contribution >= 0.6 is 0 Å². The van der Waals surface area contributed by atoms with Gasteiger partial charge >= 0.3 is 0 Å². The van der Waals surface area contributed by atoms with E-state index in [2.05, 4.69) is 9.47 Å². The SMILES string of the molecule is CC(F)(F)C1COCOC1C(C)(F)F. The van der Waals surface area contributed by atoms with Crippen LogP contribution in [0.5, 0.6) is 0 Å². The molecule has 2 unspecified atom stereocenters.